The van der Waals surface area contributed by atoms with E-state index in [4.69, 9.17) is 4.42 Å². The monoisotopic (exact) mass is 685 g/mol. The topological polar surface area (TPSA) is 18.1 Å². The van der Waals surface area contributed by atoms with Gasteiger partial charge in [-0.25, -0.2) is 0 Å². The SMILES string of the molecule is c1ccc(-c2ccc3oc4c(-c5ccc6c(c5)c5ccccc5n6-c5ccc6ccc7cccc8ccc5c6c78)cc(-c5ccccc5)cc4c3c2)cc1. The first-order valence-corrected chi connectivity index (χ1v) is 18.6. The van der Waals surface area contributed by atoms with Crippen molar-refractivity contribution in [2.75, 3.05) is 0 Å². The number of benzene rings is 10. The highest BCUT2D eigenvalue weighted by molar-refractivity contribution is 6.25. The lowest BCUT2D eigenvalue weighted by molar-refractivity contribution is 0.670. The summed E-state index contributed by atoms with van der Waals surface area (Å²) in [4.78, 5) is 0. The van der Waals surface area contributed by atoms with E-state index in [9.17, 15) is 0 Å². The van der Waals surface area contributed by atoms with E-state index in [0.717, 1.165) is 33.1 Å². The van der Waals surface area contributed by atoms with Crippen LogP contribution in [-0.4, -0.2) is 4.57 Å². The van der Waals surface area contributed by atoms with Crippen LogP contribution in [0.3, 0.4) is 0 Å². The van der Waals surface area contributed by atoms with E-state index in [0.29, 0.717) is 0 Å². The number of para-hydroxylation sites is 1. The van der Waals surface area contributed by atoms with Crippen molar-refractivity contribution in [1.29, 1.82) is 0 Å². The first-order chi connectivity index (χ1) is 26.8. The molecule has 0 aliphatic rings. The fraction of sp³-hybridized carbons (Fsp3) is 0. The lowest BCUT2D eigenvalue weighted by atomic mass is 9.93. The summed E-state index contributed by atoms with van der Waals surface area (Å²) in [5.41, 5.74) is 12.3. The zero-order chi connectivity index (χ0) is 35.3. The molecule has 0 spiro atoms. The Labute approximate surface area is 311 Å². The number of fused-ring (bicyclic) bond motifs is 6. The number of nitrogens with zero attached hydrogens (tertiary/aromatic N) is 1. The zero-order valence-corrected chi connectivity index (χ0v) is 29.3. The van der Waals surface area contributed by atoms with Gasteiger partial charge in [-0.05, 0) is 103 Å². The molecule has 0 radical (unpaired) electrons. The number of aromatic nitrogens is 1. The fourth-order valence-electron chi connectivity index (χ4n) is 9.02. The maximum atomic E-state index is 6.79. The standard InChI is InChI=1S/C52H31NO/c1-3-10-32(11-4-1)37-23-27-49-44(28-37)45-31-39(33-12-5-2-6-13-33)30-42(52(45)54-49)38-22-26-48-43(29-38)40-16-7-8-17-46(40)53(48)47-25-21-36-19-18-34-14-9-15-35-20-24-41(47)51(36)50(34)35/h1-31H. The molecule has 250 valence electrons. The summed E-state index contributed by atoms with van der Waals surface area (Å²) in [5, 5.41) is 12.4. The zero-order valence-electron chi connectivity index (χ0n) is 29.3. The first kappa shape index (κ1) is 29.4. The van der Waals surface area contributed by atoms with Gasteiger partial charge in [0.15, 0.2) is 0 Å². The van der Waals surface area contributed by atoms with Gasteiger partial charge in [0.25, 0.3) is 0 Å². The van der Waals surface area contributed by atoms with Gasteiger partial charge in [0, 0.05) is 32.5 Å². The smallest absolute Gasteiger partial charge is 0.143 e. The summed E-state index contributed by atoms with van der Waals surface area (Å²) < 4.78 is 9.25. The highest BCUT2D eigenvalue weighted by Crippen LogP contribution is 2.44. The van der Waals surface area contributed by atoms with Crippen molar-refractivity contribution in [3.63, 3.8) is 0 Å². The molecule has 0 saturated heterocycles. The van der Waals surface area contributed by atoms with Crippen molar-refractivity contribution in [1.82, 2.24) is 4.57 Å². The predicted molar refractivity (Wildman–Crippen MR) is 228 cm³/mol. The van der Waals surface area contributed by atoms with Crippen LogP contribution in [0.4, 0.5) is 0 Å². The van der Waals surface area contributed by atoms with Crippen LogP contribution in [0.25, 0.3) is 115 Å². The molecular weight excluding hydrogens is 655 g/mol. The van der Waals surface area contributed by atoms with Gasteiger partial charge in [-0.1, -0.05) is 140 Å². The number of hydrogen-bond acceptors (Lipinski definition) is 1. The van der Waals surface area contributed by atoms with Gasteiger partial charge in [-0.3, -0.25) is 0 Å². The molecule has 2 aromatic heterocycles. The van der Waals surface area contributed by atoms with Crippen molar-refractivity contribution in [2.24, 2.45) is 0 Å². The van der Waals surface area contributed by atoms with Gasteiger partial charge in [0.2, 0.25) is 0 Å². The van der Waals surface area contributed by atoms with Crippen LogP contribution in [0.1, 0.15) is 0 Å². The summed E-state index contributed by atoms with van der Waals surface area (Å²) >= 11 is 0. The van der Waals surface area contributed by atoms with Crippen molar-refractivity contribution < 1.29 is 4.42 Å². The summed E-state index contributed by atoms with van der Waals surface area (Å²) in [5.74, 6) is 0. The quantitative estimate of drug-likeness (QED) is 0.169. The Morgan fingerprint density at radius 3 is 1.78 bits per heavy atom. The molecule has 0 saturated carbocycles. The minimum Gasteiger partial charge on any atom is -0.455 e. The molecule has 0 N–H and O–H groups in total. The van der Waals surface area contributed by atoms with E-state index in [1.165, 1.54) is 82.1 Å². The Morgan fingerprint density at radius 1 is 0.333 bits per heavy atom. The molecule has 0 aliphatic carbocycles. The van der Waals surface area contributed by atoms with Crippen LogP contribution in [-0.2, 0) is 0 Å². The van der Waals surface area contributed by atoms with Crippen LogP contribution in [0.5, 0.6) is 0 Å². The molecular formula is C52H31NO. The average molecular weight is 686 g/mol. The van der Waals surface area contributed by atoms with Crippen LogP contribution < -0.4 is 0 Å². The minimum atomic E-state index is 0.892. The Bertz CT molecular complexity index is 3410. The van der Waals surface area contributed by atoms with Crippen molar-refractivity contribution >= 4 is 76.1 Å². The molecule has 54 heavy (non-hydrogen) atoms. The lowest BCUT2D eigenvalue weighted by Gasteiger charge is -2.16. The molecule has 2 nitrogen and oxygen atoms in total. The highest BCUT2D eigenvalue weighted by atomic mass is 16.3. The van der Waals surface area contributed by atoms with Crippen LogP contribution in [0.15, 0.2) is 192 Å². The third-order valence-electron chi connectivity index (χ3n) is 11.5. The molecule has 12 aromatic rings. The maximum absolute atomic E-state index is 6.79. The van der Waals surface area contributed by atoms with Gasteiger partial charge >= 0.3 is 0 Å². The average Bonchev–Trinajstić information content (AvgIpc) is 3.78. The van der Waals surface area contributed by atoms with E-state index in [1.54, 1.807) is 0 Å². The maximum Gasteiger partial charge on any atom is 0.143 e. The van der Waals surface area contributed by atoms with Gasteiger partial charge in [-0.15, -0.1) is 0 Å². The molecule has 0 bridgehead atoms. The van der Waals surface area contributed by atoms with Crippen LogP contribution in [0, 0.1) is 0 Å². The van der Waals surface area contributed by atoms with Crippen molar-refractivity contribution in [3.05, 3.63) is 188 Å². The summed E-state index contributed by atoms with van der Waals surface area (Å²) in [6.07, 6.45) is 0. The molecule has 0 unspecified atom stereocenters. The van der Waals surface area contributed by atoms with E-state index in [-0.39, 0.29) is 0 Å². The van der Waals surface area contributed by atoms with Crippen LogP contribution in [0.2, 0.25) is 0 Å². The van der Waals surface area contributed by atoms with Gasteiger partial charge < -0.3 is 8.98 Å². The van der Waals surface area contributed by atoms with Crippen LogP contribution >= 0.6 is 0 Å². The second-order valence-corrected chi connectivity index (χ2v) is 14.5. The highest BCUT2D eigenvalue weighted by Gasteiger charge is 2.20. The molecule has 0 fully saturated rings. The predicted octanol–water partition coefficient (Wildman–Crippen LogP) is 14.6. The van der Waals surface area contributed by atoms with E-state index in [1.807, 2.05) is 0 Å². The Hall–Kier alpha value is -7.16. The summed E-state index contributed by atoms with van der Waals surface area (Å²) in [6.45, 7) is 0. The first-order valence-electron chi connectivity index (χ1n) is 18.6. The van der Waals surface area contributed by atoms with E-state index in [2.05, 4.69) is 193 Å². The third-order valence-corrected chi connectivity index (χ3v) is 11.5. The molecule has 2 heteroatoms. The molecule has 10 aromatic carbocycles. The normalized spacial score (nSPS) is 12.1. The molecule has 0 aliphatic heterocycles. The third kappa shape index (κ3) is 4.22. The number of furan rings is 1. The second kappa shape index (κ2) is 11.2. The van der Waals surface area contributed by atoms with Gasteiger partial charge in [0.05, 0.1) is 16.7 Å². The number of hydrogen-bond donors (Lipinski definition) is 0. The van der Waals surface area contributed by atoms with E-state index < -0.39 is 0 Å². The van der Waals surface area contributed by atoms with E-state index >= 15 is 0 Å². The van der Waals surface area contributed by atoms with Gasteiger partial charge in [-0.2, -0.15) is 0 Å². The minimum absolute atomic E-state index is 0.892. The molecule has 0 amide bonds. The lowest BCUT2D eigenvalue weighted by Crippen LogP contribution is -1.96. The molecule has 0 atom stereocenters. The Kier molecular flexibility index (Phi) is 6.09. The Balaban J connectivity index is 1.12. The Morgan fingerprint density at radius 2 is 0.963 bits per heavy atom. The summed E-state index contributed by atoms with van der Waals surface area (Å²) in [6, 6.07) is 68.5. The molecule has 2 heterocycles. The fourth-order valence-corrected chi connectivity index (χ4v) is 9.02. The summed E-state index contributed by atoms with van der Waals surface area (Å²) in [7, 11) is 0. The van der Waals surface area contributed by atoms with Crippen molar-refractivity contribution in [2.45, 2.75) is 0 Å². The van der Waals surface area contributed by atoms with Gasteiger partial charge in [0.1, 0.15) is 11.2 Å². The number of rotatable bonds is 4. The molecule has 12 rings (SSSR count). The largest absolute Gasteiger partial charge is 0.455 e. The van der Waals surface area contributed by atoms with Crippen molar-refractivity contribution in [3.8, 4) is 39.1 Å². The second-order valence-electron chi connectivity index (χ2n) is 14.5.